The zero-order chi connectivity index (χ0) is 27.0. The van der Waals surface area contributed by atoms with Crippen LogP contribution in [0.25, 0.3) is 0 Å². The van der Waals surface area contributed by atoms with Crippen LogP contribution in [0.4, 0.5) is 0 Å². The fraction of sp³-hybridized carbons (Fsp3) is 1.00. The van der Waals surface area contributed by atoms with Crippen LogP contribution >= 0.6 is 0 Å². The number of hydrogen-bond acceptors (Lipinski definition) is 6. The smallest absolute Gasteiger partial charge is 0.0563 e. The number of rotatable bonds is 0. The molecule has 0 aliphatic rings. The van der Waals surface area contributed by atoms with E-state index in [-0.39, 0.29) is 81.9 Å². The van der Waals surface area contributed by atoms with Crippen LogP contribution in [0.1, 0.15) is 125 Å². The summed E-state index contributed by atoms with van der Waals surface area (Å²) in [6.45, 7) is 31.4. The molecule has 0 spiro atoms. The van der Waals surface area contributed by atoms with E-state index in [9.17, 15) is 0 Å². The molecular formula is C24H60O6Pb3. The van der Waals surface area contributed by atoms with Crippen molar-refractivity contribution in [3.63, 3.8) is 0 Å². The molecule has 0 bridgehead atoms. The topological polar surface area (TPSA) is 121 Å². The second kappa shape index (κ2) is 26.1. The molecule has 12 radical (unpaired) electrons. The van der Waals surface area contributed by atoms with Gasteiger partial charge < -0.3 is 30.6 Å². The van der Waals surface area contributed by atoms with Crippen LogP contribution in [-0.2, 0) is 0 Å². The Hall–Kier alpha value is 2.53. The van der Waals surface area contributed by atoms with Gasteiger partial charge in [0.15, 0.2) is 0 Å². The van der Waals surface area contributed by atoms with E-state index in [4.69, 9.17) is 30.6 Å². The van der Waals surface area contributed by atoms with E-state index in [1.54, 1.807) is 125 Å². The molecule has 6 N–H and O–H groups in total. The third-order valence-electron chi connectivity index (χ3n) is 0. The Labute approximate surface area is 268 Å². The summed E-state index contributed by atoms with van der Waals surface area (Å²) in [5.74, 6) is 0. The van der Waals surface area contributed by atoms with Crippen molar-refractivity contribution >= 4 is 81.9 Å². The van der Waals surface area contributed by atoms with Crippen molar-refractivity contribution in [2.45, 2.75) is 158 Å². The first-order chi connectivity index (χ1) is 12.0. The summed E-state index contributed by atoms with van der Waals surface area (Å²) in [5.41, 5.74) is -3.00. The van der Waals surface area contributed by atoms with Crippen molar-refractivity contribution in [3.8, 4) is 0 Å². The van der Waals surface area contributed by atoms with E-state index in [0.717, 1.165) is 0 Å². The molecule has 6 nitrogen and oxygen atoms in total. The Morgan fingerprint density at radius 1 is 0.212 bits per heavy atom. The predicted octanol–water partition coefficient (Wildman–Crippen LogP) is 3.52. The van der Waals surface area contributed by atoms with Gasteiger partial charge >= 0.3 is 0 Å². The summed E-state index contributed by atoms with van der Waals surface area (Å²) in [6.07, 6.45) is 0. The maximum atomic E-state index is 8.52. The third-order valence-corrected chi connectivity index (χ3v) is 0. The first-order valence-electron chi connectivity index (χ1n) is 10.3. The maximum absolute atomic E-state index is 8.52. The Balaban J connectivity index is -0.0000000294. The average molecular weight is 1070 g/mol. The molecule has 0 saturated heterocycles. The number of aliphatic hydroxyl groups is 6. The fourth-order valence-electron chi connectivity index (χ4n) is 0. The Kier molecular flexibility index (Phi) is 47.7. The molecule has 0 saturated carbocycles. The van der Waals surface area contributed by atoms with Crippen LogP contribution < -0.4 is 0 Å². The van der Waals surface area contributed by atoms with Gasteiger partial charge in [-0.05, 0) is 125 Å². The first-order valence-corrected chi connectivity index (χ1v) is 10.3. The summed E-state index contributed by atoms with van der Waals surface area (Å²) in [4.78, 5) is 0. The van der Waals surface area contributed by atoms with Gasteiger partial charge in [0.25, 0.3) is 0 Å². The van der Waals surface area contributed by atoms with E-state index < -0.39 is 33.6 Å². The minimum atomic E-state index is -0.500. The standard InChI is InChI=1S/6C4H10O.3Pb/c6*1-4(2,3)5;;;/h6*5H,1-3H3;;;. The average Bonchev–Trinajstić information content (AvgIpc) is 1.94. The molecular weight excluding hydrogens is 1010 g/mol. The van der Waals surface area contributed by atoms with Crippen molar-refractivity contribution in [1.82, 2.24) is 0 Å². The van der Waals surface area contributed by atoms with E-state index in [0.29, 0.717) is 0 Å². The van der Waals surface area contributed by atoms with Gasteiger partial charge in [0.05, 0.1) is 33.6 Å². The van der Waals surface area contributed by atoms with Gasteiger partial charge in [-0.2, -0.15) is 0 Å². The van der Waals surface area contributed by atoms with Gasteiger partial charge in [-0.15, -0.1) is 0 Å². The van der Waals surface area contributed by atoms with E-state index in [1.165, 1.54) is 0 Å². The predicted molar refractivity (Wildman–Crippen MR) is 149 cm³/mol. The molecule has 0 heterocycles. The maximum Gasteiger partial charge on any atom is 0.0563 e. The molecule has 0 atom stereocenters. The van der Waals surface area contributed by atoms with Crippen molar-refractivity contribution in [2.75, 3.05) is 0 Å². The SMILES string of the molecule is CC(C)(C)O.CC(C)(C)O.CC(C)(C)O.CC(C)(C)O.CC(C)(C)O.CC(C)(C)O.[Pb].[Pb].[Pb]. The van der Waals surface area contributed by atoms with Gasteiger partial charge in [-0.3, -0.25) is 0 Å². The first kappa shape index (κ1) is 60.2. The normalized spacial score (nSPS) is 10.9. The third kappa shape index (κ3) is 5720. The summed E-state index contributed by atoms with van der Waals surface area (Å²) >= 11 is 0. The molecule has 0 aromatic heterocycles. The van der Waals surface area contributed by atoms with Gasteiger partial charge in [-0.1, -0.05) is 0 Å². The van der Waals surface area contributed by atoms with Crippen molar-refractivity contribution in [3.05, 3.63) is 0 Å². The molecule has 0 aromatic rings. The van der Waals surface area contributed by atoms with Crippen LogP contribution in [-0.4, -0.2) is 146 Å². The molecule has 33 heavy (non-hydrogen) atoms. The molecule has 0 aliphatic heterocycles. The number of hydrogen-bond donors (Lipinski definition) is 6. The molecule has 204 valence electrons. The monoisotopic (exact) mass is 1070 g/mol. The van der Waals surface area contributed by atoms with E-state index >= 15 is 0 Å². The van der Waals surface area contributed by atoms with Crippen molar-refractivity contribution in [2.24, 2.45) is 0 Å². The second-order valence-corrected chi connectivity index (χ2v) is 13.0. The Morgan fingerprint density at radius 3 is 0.212 bits per heavy atom. The molecule has 9 heteroatoms. The van der Waals surface area contributed by atoms with Gasteiger partial charge in [0.2, 0.25) is 0 Å². The summed E-state index contributed by atoms with van der Waals surface area (Å²) in [6, 6.07) is 0. The Morgan fingerprint density at radius 2 is 0.212 bits per heavy atom. The largest absolute Gasteiger partial charge is 0.391 e. The summed E-state index contributed by atoms with van der Waals surface area (Å²) in [7, 11) is 0. The summed E-state index contributed by atoms with van der Waals surface area (Å²) in [5, 5.41) is 51.1. The van der Waals surface area contributed by atoms with Crippen molar-refractivity contribution < 1.29 is 30.6 Å². The zero-order valence-corrected chi connectivity index (χ0v) is 36.8. The van der Waals surface area contributed by atoms with Crippen LogP contribution in [0.2, 0.25) is 0 Å². The van der Waals surface area contributed by atoms with Crippen LogP contribution in [0, 0.1) is 0 Å². The molecule has 0 amide bonds. The van der Waals surface area contributed by atoms with E-state index in [2.05, 4.69) is 0 Å². The minimum Gasteiger partial charge on any atom is -0.391 e. The van der Waals surface area contributed by atoms with Gasteiger partial charge in [0.1, 0.15) is 0 Å². The molecule has 0 aromatic carbocycles. The zero-order valence-electron chi connectivity index (χ0n) is 25.2. The van der Waals surface area contributed by atoms with Crippen LogP contribution in [0.3, 0.4) is 0 Å². The molecule has 0 aliphatic carbocycles. The molecule has 0 fully saturated rings. The molecule has 0 rings (SSSR count). The Bertz CT molecular complexity index is 222. The van der Waals surface area contributed by atoms with Crippen LogP contribution in [0.15, 0.2) is 0 Å². The van der Waals surface area contributed by atoms with E-state index in [1.807, 2.05) is 0 Å². The van der Waals surface area contributed by atoms with Gasteiger partial charge in [0, 0.05) is 81.9 Å². The minimum absolute atomic E-state index is 0. The summed E-state index contributed by atoms with van der Waals surface area (Å²) < 4.78 is 0. The van der Waals surface area contributed by atoms with Crippen molar-refractivity contribution in [1.29, 1.82) is 0 Å². The quantitative estimate of drug-likeness (QED) is 0.207. The second-order valence-electron chi connectivity index (χ2n) is 13.0. The van der Waals surface area contributed by atoms with Gasteiger partial charge in [-0.25, -0.2) is 0 Å². The molecule has 0 unspecified atom stereocenters. The van der Waals surface area contributed by atoms with Crippen LogP contribution in [0.5, 0.6) is 0 Å². The fourth-order valence-corrected chi connectivity index (χ4v) is 0.